The number of carboxylic acid groups (broad SMARTS) is 2. The number of nitrogens with two attached hydrogens (primary N) is 1. The number of fused-ring (bicyclic) bond motifs is 1. The Hall–Kier alpha value is -4.36. The van der Waals surface area contributed by atoms with E-state index >= 15 is 0 Å². The number of rotatable bonds is 4. The molecule has 1 heterocycles. The molecular weight excluding hydrogens is 502 g/mol. The van der Waals surface area contributed by atoms with E-state index in [-0.39, 0.29) is 0 Å². The number of primary amides is 1. The lowest BCUT2D eigenvalue weighted by Gasteiger charge is -2.10. The number of amides is 1. The van der Waals surface area contributed by atoms with E-state index in [4.69, 9.17) is 30.3 Å². The van der Waals surface area contributed by atoms with Crippen LogP contribution in [0.3, 0.4) is 0 Å². The van der Waals surface area contributed by atoms with Crippen LogP contribution in [0.15, 0.2) is 54.6 Å². The second kappa shape index (κ2) is 12.4. The first-order valence-electron chi connectivity index (χ1n) is 9.50. The van der Waals surface area contributed by atoms with E-state index in [0.29, 0.717) is 17.9 Å². The number of para-hydroxylation sites is 1. The van der Waals surface area contributed by atoms with Gasteiger partial charge in [0.05, 0.1) is 5.52 Å². The van der Waals surface area contributed by atoms with Crippen LogP contribution in [0.2, 0.25) is 0 Å². The van der Waals surface area contributed by atoms with Gasteiger partial charge in [0.15, 0.2) is 0 Å². The molecule has 0 aliphatic heterocycles. The molecular formula is C22H18F6N2O6. The minimum atomic E-state index is -5.08. The molecule has 194 valence electrons. The molecule has 0 saturated heterocycles. The first-order valence-corrected chi connectivity index (χ1v) is 9.50. The predicted molar refractivity (Wildman–Crippen MR) is 113 cm³/mol. The van der Waals surface area contributed by atoms with Crippen LogP contribution in [0.25, 0.3) is 10.9 Å². The number of pyridine rings is 1. The first kappa shape index (κ1) is 29.7. The number of hydrogen-bond acceptors (Lipinski definition) is 5. The third kappa shape index (κ3) is 9.87. The van der Waals surface area contributed by atoms with Crippen molar-refractivity contribution in [2.24, 2.45) is 5.73 Å². The first-order chi connectivity index (χ1) is 16.5. The number of nitrogens with zero attached hydrogens (tertiary/aromatic N) is 1. The van der Waals surface area contributed by atoms with Gasteiger partial charge >= 0.3 is 24.3 Å². The summed E-state index contributed by atoms with van der Waals surface area (Å²) in [7, 11) is 0. The molecule has 3 rings (SSSR count). The number of aromatic nitrogens is 1. The van der Waals surface area contributed by atoms with E-state index in [1.807, 2.05) is 37.3 Å². The van der Waals surface area contributed by atoms with Crippen molar-refractivity contribution in [3.05, 3.63) is 71.4 Å². The number of benzene rings is 2. The second-order valence-electron chi connectivity index (χ2n) is 6.72. The van der Waals surface area contributed by atoms with Gasteiger partial charge in [0.2, 0.25) is 5.91 Å². The zero-order chi connectivity index (χ0) is 27.7. The van der Waals surface area contributed by atoms with Crippen LogP contribution >= 0.6 is 0 Å². The smallest absolute Gasteiger partial charge is 0.489 e. The number of aliphatic carboxylic acids is 2. The summed E-state index contributed by atoms with van der Waals surface area (Å²) in [5, 5.41) is 15.3. The van der Waals surface area contributed by atoms with Crippen molar-refractivity contribution in [2.75, 3.05) is 0 Å². The maximum Gasteiger partial charge on any atom is 0.490 e. The zero-order valence-corrected chi connectivity index (χ0v) is 18.2. The van der Waals surface area contributed by atoms with Gasteiger partial charge in [-0.1, -0.05) is 18.2 Å². The van der Waals surface area contributed by atoms with Gasteiger partial charge in [0.25, 0.3) is 0 Å². The number of carboxylic acids is 2. The summed E-state index contributed by atoms with van der Waals surface area (Å²) in [4.78, 5) is 33.4. The quantitative estimate of drug-likeness (QED) is 0.431. The highest BCUT2D eigenvalue weighted by Gasteiger charge is 2.38. The maximum absolute atomic E-state index is 11.0. The number of hydrogen-bond donors (Lipinski definition) is 3. The molecule has 0 aliphatic carbocycles. The van der Waals surface area contributed by atoms with Crippen LogP contribution in [-0.4, -0.2) is 45.4 Å². The van der Waals surface area contributed by atoms with E-state index in [1.54, 1.807) is 24.3 Å². The third-order valence-corrected chi connectivity index (χ3v) is 3.95. The summed E-state index contributed by atoms with van der Waals surface area (Å²) in [6.45, 7) is 2.41. The molecule has 8 nitrogen and oxygen atoms in total. The molecule has 0 radical (unpaired) electrons. The SMILES string of the molecule is Cc1cc(COc2ccc(C(N)=O)cc2)c2ccccc2n1.O=C(O)C(F)(F)F.O=C(O)C(F)(F)F. The molecule has 3 aromatic rings. The van der Waals surface area contributed by atoms with Gasteiger partial charge in [-0.05, 0) is 43.3 Å². The van der Waals surface area contributed by atoms with Gasteiger partial charge in [-0.2, -0.15) is 26.3 Å². The number of halogens is 6. The average molecular weight is 520 g/mol. The van der Waals surface area contributed by atoms with Crippen molar-refractivity contribution in [2.45, 2.75) is 25.9 Å². The van der Waals surface area contributed by atoms with E-state index in [2.05, 4.69) is 4.98 Å². The molecule has 2 aromatic carbocycles. The van der Waals surface area contributed by atoms with Gasteiger partial charge in [-0.3, -0.25) is 9.78 Å². The Labute approximate surface area is 198 Å². The summed E-state index contributed by atoms with van der Waals surface area (Å²) in [6, 6.07) is 16.8. The van der Waals surface area contributed by atoms with Crippen molar-refractivity contribution in [3.8, 4) is 5.75 Å². The molecule has 36 heavy (non-hydrogen) atoms. The van der Waals surface area contributed by atoms with Gasteiger partial charge in [-0.15, -0.1) is 0 Å². The Morgan fingerprint density at radius 3 is 1.81 bits per heavy atom. The summed E-state index contributed by atoms with van der Waals surface area (Å²) < 4.78 is 69.3. The zero-order valence-electron chi connectivity index (χ0n) is 18.2. The highest BCUT2D eigenvalue weighted by Crippen LogP contribution is 2.21. The monoisotopic (exact) mass is 520 g/mol. The molecule has 0 bridgehead atoms. The van der Waals surface area contributed by atoms with E-state index in [9.17, 15) is 31.1 Å². The van der Waals surface area contributed by atoms with Crippen LogP contribution in [0, 0.1) is 6.92 Å². The van der Waals surface area contributed by atoms with Crippen molar-refractivity contribution >= 4 is 28.7 Å². The fourth-order valence-electron chi connectivity index (χ4n) is 2.39. The lowest BCUT2D eigenvalue weighted by atomic mass is 10.1. The molecule has 4 N–H and O–H groups in total. The molecule has 0 fully saturated rings. The van der Waals surface area contributed by atoms with Gasteiger partial charge < -0.3 is 20.7 Å². The van der Waals surface area contributed by atoms with Crippen molar-refractivity contribution in [1.29, 1.82) is 0 Å². The normalized spacial score (nSPS) is 10.9. The van der Waals surface area contributed by atoms with Crippen molar-refractivity contribution in [3.63, 3.8) is 0 Å². The van der Waals surface area contributed by atoms with Crippen LogP contribution in [-0.2, 0) is 16.2 Å². The molecule has 0 atom stereocenters. The van der Waals surface area contributed by atoms with Gasteiger partial charge in [0.1, 0.15) is 12.4 Å². The maximum atomic E-state index is 11.0. The van der Waals surface area contributed by atoms with Crippen LogP contribution in [0.1, 0.15) is 21.6 Å². The minimum Gasteiger partial charge on any atom is -0.489 e. The van der Waals surface area contributed by atoms with Crippen molar-refractivity contribution < 1.29 is 55.7 Å². The molecule has 0 unspecified atom stereocenters. The predicted octanol–water partition coefficient (Wildman–Crippen LogP) is 4.49. The Balaban J connectivity index is 0.000000383. The minimum absolute atomic E-state index is 0.442. The molecule has 0 spiro atoms. The van der Waals surface area contributed by atoms with Crippen molar-refractivity contribution in [1.82, 2.24) is 4.98 Å². The van der Waals surface area contributed by atoms with E-state index in [1.165, 1.54) is 0 Å². The Bertz CT molecular complexity index is 1190. The van der Waals surface area contributed by atoms with E-state index < -0.39 is 30.2 Å². The van der Waals surface area contributed by atoms with Crippen LogP contribution < -0.4 is 10.5 Å². The molecule has 0 saturated carbocycles. The molecule has 0 aliphatic rings. The summed E-state index contributed by atoms with van der Waals surface area (Å²) >= 11 is 0. The third-order valence-electron chi connectivity index (χ3n) is 3.95. The second-order valence-corrected chi connectivity index (χ2v) is 6.72. The molecule has 1 amide bonds. The standard InChI is InChI=1S/C18H16N2O2.2C2HF3O2/c1-12-10-14(16-4-2-3-5-17(16)20-12)11-22-15-8-6-13(7-9-15)18(19)21;2*3-2(4,5)1(6)7/h2-10H,11H2,1H3,(H2,19,21);2*(H,6,7). The number of carbonyl (C=O) groups is 3. The van der Waals surface area contributed by atoms with Gasteiger partial charge in [-0.25, -0.2) is 9.59 Å². The summed E-state index contributed by atoms with van der Waals surface area (Å²) in [5.41, 5.74) is 8.70. The van der Waals surface area contributed by atoms with Crippen LogP contribution in [0.4, 0.5) is 26.3 Å². The van der Waals surface area contributed by atoms with Gasteiger partial charge in [0, 0.05) is 22.2 Å². The topological polar surface area (TPSA) is 140 Å². The van der Waals surface area contributed by atoms with E-state index in [0.717, 1.165) is 22.2 Å². The summed E-state index contributed by atoms with van der Waals surface area (Å²) in [6.07, 6.45) is -10.2. The number of carbonyl (C=O) groups excluding carboxylic acids is 1. The highest BCUT2D eigenvalue weighted by molar-refractivity contribution is 5.92. The molecule has 1 aromatic heterocycles. The lowest BCUT2D eigenvalue weighted by Crippen LogP contribution is -2.21. The number of ether oxygens (including phenoxy) is 1. The lowest BCUT2D eigenvalue weighted by molar-refractivity contribution is -0.193. The summed E-state index contributed by atoms with van der Waals surface area (Å²) in [5.74, 6) is -5.26. The highest BCUT2D eigenvalue weighted by atomic mass is 19.4. The fourth-order valence-corrected chi connectivity index (χ4v) is 2.39. The Morgan fingerprint density at radius 2 is 1.36 bits per heavy atom. The number of aryl methyl sites for hydroxylation is 1. The fraction of sp³-hybridized carbons (Fsp3) is 0.182. The number of alkyl halides is 6. The largest absolute Gasteiger partial charge is 0.490 e. The van der Waals surface area contributed by atoms with Crippen LogP contribution in [0.5, 0.6) is 5.75 Å². The Morgan fingerprint density at radius 1 is 0.889 bits per heavy atom. The molecule has 14 heteroatoms. The Kier molecular flexibility index (Phi) is 10.2. The average Bonchev–Trinajstić information content (AvgIpc) is 2.77.